The molecule has 0 atom stereocenters. The minimum Gasteiger partial charge on any atom is -0.481 e. The number of carbonyl (C=O) groups excluding carboxylic acids is 1. The second-order valence-electron chi connectivity index (χ2n) is 4.70. The number of hydrogen-bond acceptors (Lipinski definition) is 2. The Morgan fingerprint density at radius 2 is 1.94 bits per heavy atom. The molecule has 0 spiro atoms. The number of hydrogen-bond donors (Lipinski definition) is 2. The first-order valence-corrected chi connectivity index (χ1v) is 6.33. The number of amides is 2. The molecule has 0 unspecified atom stereocenters. The zero-order valence-corrected chi connectivity index (χ0v) is 10.4. The second kappa shape index (κ2) is 7.14. The van der Waals surface area contributed by atoms with Crippen LogP contribution >= 0.6 is 0 Å². The van der Waals surface area contributed by atoms with Crippen molar-refractivity contribution in [3.05, 3.63) is 0 Å². The molecule has 17 heavy (non-hydrogen) atoms. The van der Waals surface area contributed by atoms with Crippen LogP contribution in [0.1, 0.15) is 44.9 Å². The Balaban J connectivity index is 2.18. The van der Waals surface area contributed by atoms with Crippen molar-refractivity contribution in [3.8, 4) is 0 Å². The number of rotatable bonds is 5. The largest absolute Gasteiger partial charge is 0.481 e. The lowest BCUT2D eigenvalue weighted by atomic mass is 9.96. The fraction of sp³-hybridized carbons (Fsp3) is 0.833. The summed E-state index contributed by atoms with van der Waals surface area (Å²) in [5, 5.41) is 11.5. The third-order valence-electron chi connectivity index (χ3n) is 3.16. The zero-order chi connectivity index (χ0) is 12.7. The van der Waals surface area contributed by atoms with E-state index in [2.05, 4.69) is 5.32 Å². The van der Waals surface area contributed by atoms with Gasteiger partial charge >= 0.3 is 12.0 Å². The molecule has 2 N–H and O–H groups in total. The Bertz CT molecular complexity index is 262. The van der Waals surface area contributed by atoms with Crippen molar-refractivity contribution < 1.29 is 14.7 Å². The predicted molar refractivity (Wildman–Crippen MR) is 64.9 cm³/mol. The van der Waals surface area contributed by atoms with Gasteiger partial charge in [0.05, 0.1) is 0 Å². The predicted octanol–water partition coefficient (Wildman–Crippen LogP) is 1.83. The number of nitrogens with one attached hydrogen (secondary N) is 1. The van der Waals surface area contributed by atoms with Crippen molar-refractivity contribution >= 4 is 12.0 Å². The van der Waals surface area contributed by atoms with Crippen LogP contribution in [-0.2, 0) is 4.79 Å². The smallest absolute Gasteiger partial charge is 0.317 e. The van der Waals surface area contributed by atoms with Crippen molar-refractivity contribution in [3.63, 3.8) is 0 Å². The first-order valence-electron chi connectivity index (χ1n) is 6.33. The first kappa shape index (κ1) is 13.8. The van der Waals surface area contributed by atoms with E-state index in [0.717, 1.165) is 12.8 Å². The Hall–Kier alpha value is -1.26. The summed E-state index contributed by atoms with van der Waals surface area (Å²) in [4.78, 5) is 23.7. The Morgan fingerprint density at radius 3 is 2.53 bits per heavy atom. The maximum absolute atomic E-state index is 11.8. The lowest BCUT2D eigenvalue weighted by molar-refractivity contribution is -0.137. The lowest BCUT2D eigenvalue weighted by Gasteiger charge is -2.26. The summed E-state index contributed by atoms with van der Waals surface area (Å²) in [5.74, 6) is -0.814. The van der Waals surface area contributed by atoms with Crippen molar-refractivity contribution in [1.29, 1.82) is 0 Å². The molecular formula is C12H22N2O3. The van der Waals surface area contributed by atoms with E-state index in [1.165, 1.54) is 19.3 Å². The highest BCUT2D eigenvalue weighted by atomic mass is 16.4. The molecule has 5 nitrogen and oxygen atoms in total. The van der Waals surface area contributed by atoms with Gasteiger partial charge in [-0.1, -0.05) is 19.3 Å². The molecule has 1 aliphatic rings. The van der Waals surface area contributed by atoms with E-state index >= 15 is 0 Å². The highest BCUT2D eigenvalue weighted by Crippen LogP contribution is 2.17. The molecule has 0 aliphatic heterocycles. The third kappa shape index (κ3) is 5.56. The molecule has 5 heteroatoms. The number of carbonyl (C=O) groups is 2. The highest BCUT2D eigenvalue weighted by Gasteiger charge is 2.17. The molecule has 2 amide bonds. The zero-order valence-electron chi connectivity index (χ0n) is 10.4. The summed E-state index contributed by atoms with van der Waals surface area (Å²) in [6.45, 7) is 0.491. The molecule has 0 saturated heterocycles. The standard InChI is InChI=1S/C12H22N2O3/c1-14(9-5-8-11(15)16)12(17)13-10-6-3-2-4-7-10/h10H,2-9H2,1H3,(H,13,17)(H,15,16). The van der Waals surface area contributed by atoms with E-state index in [1.54, 1.807) is 11.9 Å². The van der Waals surface area contributed by atoms with E-state index < -0.39 is 5.97 Å². The van der Waals surface area contributed by atoms with Gasteiger partial charge < -0.3 is 15.3 Å². The van der Waals surface area contributed by atoms with E-state index in [-0.39, 0.29) is 12.5 Å². The summed E-state index contributed by atoms with van der Waals surface area (Å²) in [6.07, 6.45) is 6.39. The summed E-state index contributed by atoms with van der Waals surface area (Å²) >= 11 is 0. The van der Waals surface area contributed by atoms with Gasteiger partial charge in [-0.25, -0.2) is 4.79 Å². The first-order chi connectivity index (χ1) is 8.09. The molecule has 1 saturated carbocycles. The molecule has 0 aromatic heterocycles. The quantitative estimate of drug-likeness (QED) is 0.772. The maximum Gasteiger partial charge on any atom is 0.317 e. The second-order valence-corrected chi connectivity index (χ2v) is 4.70. The fourth-order valence-electron chi connectivity index (χ4n) is 2.10. The Kier molecular flexibility index (Phi) is 5.80. The van der Waals surface area contributed by atoms with Gasteiger partial charge in [0.15, 0.2) is 0 Å². The van der Waals surface area contributed by atoms with Gasteiger partial charge in [-0.3, -0.25) is 4.79 Å². The van der Waals surface area contributed by atoms with Crippen molar-refractivity contribution in [2.75, 3.05) is 13.6 Å². The van der Waals surface area contributed by atoms with Crippen molar-refractivity contribution in [2.45, 2.75) is 51.0 Å². The van der Waals surface area contributed by atoms with Crippen LogP contribution in [0.4, 0.5) is 4.79 Å². The molecule has 0 aromatic rings. The van der Waals surface area contributed by atoms with Crippen LogP contribution in [0.5, 0.6) is 0 Å². The van der Waals surface area contributed by atoms with E-state index in [4.69, 9.17) is 5.11 Å². The van der Waals surface area contributed by atoms with Gasteiger partial charge in [-0.15, -0.1) is 0 Å². The van der Waals surface area contributed by atoms with E-state index in [1.807, 2.05) is 0 Å². The Morgan fingerprint density at radius 1 is 1.29 bits per heavy atom. The third-order valence-corrected chi connectivity index (χ3v) is 3.16. The Labute approximate surface area is 102 Å². The van der Waals surface area contributed by atoms with Crippen LogP contribution in [0, 0.1) is 0 Å². The van der Waals surface area contributed by atoms with Crippen LogP contribution in [-0.4, -0.2) is 41.6 Å². The van der Waals surface area contributed by atoms with Gasteiger partial charge in [0.1, 0.15) is 0 Å². The highest BCUT2D eigenvalue weighted by molar-refractivity contribution is 5.74. The number of carboxylic acid groups (broad SMARTS) is 1. The molecule has 98 valence electrons. The molecule has 1 fully saturated rings. The van der Waals surface area contributed by atoms with Crippen LogP contribution in [0.25, 0.3) is 0 Å². The topological polar surface area (TPSA) is 69.6 Å². The van der Waals surface area contributed by atoms with Crippen molar-refractivity contribution in [2.24, 2.45) is 0 Å². The van der Waals surface area contributed by atoms with Gasteiger partial charge in [0, 0.05) is 26.1 Å². The molecule has 0 radical (unpaired) electrons. The van der Waals surface area contributed by atoms with Crippen LogP contribution < -0.4 is 5.32 Å². The molecule has 0 bridgehead atoms. The van der Waals surface area contributed by atoms with Crippen LogP contribution in [0.15, 0.2) is 0 Å². The van der Waals surface area contributed by atoms with Gasteiger partial charge in [0.25, 0.3) is 0 Å². The molecule has 0 aromatic carbocycles. The molecule has 0 heterocycles. The minimum atomic E-state index is -0.814. The van der Waals surface area contributed by atoms with E-state index in [9.17, 15) is 9.59 Å². The van der Waals surface area contributed by atoms with Gasteiger partial charge in [-0.05, 0) is 19.3 Å². The maximum atomic E-state index is 11.8. The molecule has 1 aliphatic carbocycles. The molecular weight excluding hydrogens is 220 g/mol. The van der Waals surface area contributed by atoms with Crippen molar-refractivity contribution in [1.82, 2.24) is 10.2 Å². The lowest BCUT2D eigenvalue weighted by Crippen LogP contribution is -2.44. The SMILES string of the molecule is CN(CCCC(=O)O)C(=O)NC1CCCCC1. The minimum absolute atomic E-state index is 0.0812. The monoisotopic (exact) mass is 242 g/mol. The summed E-state index contributed by atoms with van der Waals surface area (Å²) in [7, 11) is 1.71. The average molecular weight is 242 g/mol. The summed E-state index contributed by atoms with van der Waals surface area (Å²) in [5.41, 5.74) is 0. The number of urea groups is 1. The van der Waals surface area contributed by atoms with Gasteiger partial charge in [-0.2, -0.15) is 0 Å². The van der Waals surface area contributed by atoms with Crippen LogP contribution in [0.3, 0.4) is 0 Å². The van der Waals surface area contributed by atoms with Crippen LogP contribution in [0.2, 0.25) is 0 Å². The number of nitrogens with zero attached hydrogens (tertiary/aromatic N) is 1. The number of carboxylic acids is 1. The number of aliphatic carboxylic acids is 1. The normalized spacial score (nSPS) is 16.5. The van der Waals surface area contributed by atoms with E-state index in [0.29, 0.717) is 19.0 Å². The average Bonchev–Trinajstić information content (AvgIpc) is 2.29. The fourth-order valence-corrected chi connectivity index (χ4v) is 2.10. The van der Waals surface area contributed by atoms with Gasteiger partial charge in [0.2, 0.25) is 0 Å². The summed E-state index contributed by atoms with van der Waals surface area (Å²) in [6, 6.07) is 0.223. The summed E-state index contributed by atoms with van der Waals surface area (Å²) < 4.78 is 0. The molecule has 1 rings (SSSR count).